The van der Waals surface area contributed by atoms with Gasteiger partial charge < -0.3 is 10.0 Å². The van der Waals surface area contributed by atoms with Crippen LogP contribution < -0.4 is 4.90 Å². The van der Waals surface area contributed by atoms with Gasteiger partial charge in [-0.25, -0.2) is 23.7 Å². The van der Waals surface area contributed by atoms with E-state index in [1.165, 1.54) is 29.8 Å². The first kappa shape index (κ1) is 18.5. The van der Waals surface area contributed by atoms with Crippen molar-refractivity contribution in [3.05, 3.63) is 59.2 Å². The monoisotopic (exact) mass is 430 g/mol. The molecule has 0 bridgehead atoms. The Labute approximate surface area is 173 Å². The average molecular weight is 431 g/mol. The molecule has 4 aromatic rings. The van der Waals surface area contributed by atoms with Gasteiger partial charge in [0.15, 0.2) is 5.82 Å². The summed E-state index contributed by atoms with van der Waals surface area (Å²) in [5.41, 5.74) is -0.255. The number of thiophene rings is 1. The Hall–Kier alpha value is -2.49. The second kappa shape index (κ2) is 7.08. The standard InChI is InChI=1S/C20H16F2N4OS2/c21-13-8-12(9-14(22)10-13)20(27)3-5-26(6-4-20)17-16-19(24-11-23-17)29-18(25-16)15-2-1-7-28-15/h1-2,7-11,27H,3-6H2. The third-order valence-corrected chi connectivity index (χ3v) is 7.20. The lowest BCUT2D eigenvalue weighted by molar-refractivity contribution is 0.0111. The van der Waals surface area contributed by atoms with Gasteiger partial charge in [0.2, 0.25) is 0 Å². The zero-order valence-electron chi connectivity index (χ0n) is 15.2. The lowest BCUT2D eigenvalue weighted by Gasteiger charge is -2.39. The lowest BCUT2D eigenvalue weighted by atomic mass is 9.84. The molecule has 29 heavy (non-hydrogen) atoms. The highest BCUT2D eigenvalue weighted by Crippen LogP contribution is 2.38. The van der Waals surface area contributed by atoms with Gasteiger partial charge in [-0.2, -0.15) is 0 Å². The first-order valence-electron chi connectivity index (χ1n) is 9.11. The number of thiazole rings is 1. The zero-order valence-corrected chi connectivity index (χ0v) is 16.8. The van der Waals surface area contributed by atoms with Gasteiger partial charge in [-0.05, 0) is 42.0 Å². The first-order valence-corrected chi connectivity index (χ1v) is 10.8. The molecule has 0 aliphatic carbocycles. The molecule has 1 fully saturated rings. The van der Waals surface area contributed by atoms with Gasteiger partial charge in [0, 0.05) is 19.2 Å². The number of anilines is 1. The third-order valence-electron chi connectivity index (χ3n) is 5.20. The van der Waals surface area contributed by atoms with Crippen LogP contribution in [0.5, 0.6) is 0 Å². The molecule has 1 aliphatic heterocycles. The molecule has 0 amide bonds. The molecule has 1 N–H and O–H groups in total. The Morgan fingerprint density at radius 3 is 2.52 bits per heavy atom. The smallest absolute Gasteiger partial charge is 0.159 e. The number of nitrogens with zero attached hydrogens (tertiary/aromatic N) is 4. The van der Waals surface area contributed by atoms with Crippen LogP contribution >= 0.6 is 22.7 Å². The van der Waals surface area contributed by atoms with Crippen molar-refractivity contribution in [1.82, 2.24) is 15.0 Å². The fraction of sp³-hybridized carbons (Fsp3) is 0.250. The van der Waals surface area contributed by atoms with Crippen LogP contribution in [0.25, 0.3) is 20.2 Å². The van der Waals surface area contributed by atoms with Crippen molar-refractivity contribution in [2.24, 2.45) is 0 Å². The number of aromatic nitrogens is 3. The number of aliphatic hydroxyl groups is 1. The van der Waals surface area contributed by atoms with Crippen molar-refractivity contribution in [1.29, 1.82) is 0 Å². The first-order chi connectivity index (χ1) is 14.0. The summed E-state index contributed by atoms with van der Waals surface area (Å²) in [4.78, 5) is 17.5. The Morgan fingerprint density at radius 1 is 1.07 bits per heavy atom. The van der Waals surface area contributed by atoms with Crippen molar-refractivity contribution < 1.29 is 13.9 Å². The number of fused-ring (bicyclic) bond motifs is 1. The van der Waals surface area contributed by atoms with Crippen LogP contribution in [0, 0.1) is 11.6 Å². The zero-order chi connectivity index (χ0) is 20.0. The molecule has 4 heterocycles. The van der Waals surface area contributed by atoms with E-state index in [2.05, 4.69) is 9.97 Å². The average Bonchev–Trinajstić information content (AvgIpc) is 3.37. The molecule has 0 unspecified atom stereocenters. The fourth-order valence-electron chi connectivity index (χ4n) is 3.68. The summed E-state index contributed by atoms with van der Waals surface area (Å²) >= 11 is 3.15. The maximum absolute atomic E-state index is 13.6. The number of hydrogen-bond acceptors (Lipinski definition) is 7. The minimum Gasteiger partial charge on any atom is -0.385 e. The highest BCUT2D eigenvalue weighted by Gasteiger charge is 2.35. The van der Waals surface area contributed by atoms with Gasteiger partial charge >= 0.3 is 0 Å². The largest absolute Gasteiger partial charge is 0.385 e. The summed E-state index contributed by atoms with van der Waals surface area (Å²) in [6.45, 7) is 0.985. The predicted octanol–water partition coefficient (Wildman–Crippen LogP) is 4.58. The van der Waals surface area contributed by atoms with E-state index < -0.39 is 17.2 Å². The molecular weight excluding hydrogens is 414 g/mol. The topological polar surface area (TPSA) is 62.1 Å². The molecule has 5 nitrogen and oxygen atoms in total. The minimum atomic E-state index is -1.27. The summed E-state index contributed by atoms with van der Waals surface area (Å²) in [5.74, 6) is -0.643. The molecule has 1 aliphatic rings. The molecule has 5 rings (SSSR count). The predicted molar refractivity (Wildman–Crippen MR) is 110 cm³/mol. The van der Waals surface area contributed by atoms with Gasteiger partial charge in [-0.3, -0.25) is 0 Å². The quantitative estimate of drug-likeness (QED) is 0.516. The van der Waals surface area contributed by atoms with E-state index in [-0.39, 0.29) is 5.56 Å². The number of rotatable bonds is 3. The Morgan fingerprint density at radius 2 is 1.83 bits per heavy atom. The van der Waals surface area contributed by atoms with Crippen LogP contribution in [0.3, 0.4) is 0 Å². The highest BCUT2D eigenvalue weighted by molar-refractivity contribution is 7.24. The molecule has 1 saturated heterocycles. The van der Waals surface area contributed by atoms with Gasteiger partial charge in [0.1, 0.15) is 33.3 Å². The van der Waals surface area contributed by atoms with E-state index in [9.17, 15) is 13.9 Å². The van der Waals surface area contributed by atoms with Gasteiger partial charge in [0.05, 0.1) is 10.5 Å². The molecule has 0 atom stereocenters. The number of benzene rings is 1. The van der Waals surface area contributed by atoms with E-state index in [0.717, 1.165) is 32.1 Å². The van der Waals surface area contributed by atoms with Crippen molar-refractivity contribution in [3.8, 4) is 9.88 Å². The van der Waals surface area contributed by atoms with Crippen molar-refractivity contribution in [3.63, 3.8) is 0 Å². The number of halogens is 2. The Balaban J connectivity index is 1.43. The number of hydrogen-bond donors (Lipinski definition) is 1. The summed E-state index contributed by atoms with van der Waals surface area (Å²) < 4.78 is 27.2. The van der Waals surface area contributed by atoms with Gasteiger partial charge in [-0.1, -0.05) is 17.4 Å². The van der Waals surface area contributed by atoms with Crippen LogP contribution in [0.15, 0.2) is 42.0 Å². The molecule has 1 aromatic carbocycles. The van der Waals surface area contributed by atoms with E-state index in [0.29, 0.717) is 25.9 Å². The van der Waals surface area contributed by atoms with Gasteiger partial charge in [-0.15, -0.1) is 11.3 Å². The summed E-state index contributed by atoms with van der Waals surface area (Å²) in [6.07, 6.45) is 2.20. The van der Waals surface area contributed by atoms with Crippen LogP contribution in [0.4, 0.5) is 14.6 Å². The van der Waals surface area contributed by atoms with Crippen molar-refractivity contribution in [2.75, 3.05) is 18.0 Å². The molecule has 0 radical (unpaired) electrons. The molecule has 3 aromatic heterocycles. The normalized spacial score (nSPS) is 16.4. The van der Waals surface area contributed by atoms with Crippen LogP contribution in [0.2, 0.25) is 0 Å². The molecule has 0 spiro atoms. The van der Waals surface area contributed by atoms with E-state index in [1.54, 1.807) is 11.3 Å². The van der Waals surface area contributed by atoms with Crippen molar-refractivity contribution in [2.45, 2.75) is 18.4 Å². The minimum absolute atomic E-state index is 0.274. The summed E-state index contributed by atoms with van der Waals surface area (Å²) in [5, 5.41) is 13.9. The Kier molecular flexibility index (Phi) is 4.53. The van der Waals surface area contributed by atoms with Crippen LogP contribution in [-0.2, 0) is 5.60 Å². The van der Waals surface area contributed by atoms with Crippen LogP contribution in [0.1, 0.15) is 18.4 Å². The number of piperidine rings is 1. The third kappa shape index (κ3) is 3.39. The summed E-state index contributed by atoms with van der Waals surface area (Å²) in [7, 11) is 0. The van der Waals surface area contributed by atoms with Gasteiger partial charge in [0.25, 0.3) is 0 Å². The molecule has 9 heteroatoms. The second-order valence-corrected chi connectivity index (χ2v) is 8.95. The van der Waals surface area contributed by atoms with E-state index in [4.69, 9.17) is 4.98 Å². The lowest BCUT2D eigenvalue weighted by Crippen LogP contribution is -2.43. The molecule has 148 valence electrons. The SMILES string of the molecule is OC1(c2cc(F)cc(F)c2)CCN(c2ncnc3sc(-c4cccs4)nc23)CC1. The summed E-state index contributed by atoms with van der Waals surface area (Å²) in [6, 6.07) is 7.23. The second-order valence-electron chi connectivity index (χ2n) is 7.02. The van der Waals surface area contributed by atoms with E-state index in [1.807, 2.05) is 22.4 Å². The highest BCUT2D eigenvalue weighted by atomic mass is 32.1. The van der Waals surface area contributed by atoms with E-state index >= 15 is 0 Å². The molecule has 0 saturated carbocycles. The maximum atomic E-state index is 13.6. The molecular formula is C20H16F2N4OS2. The maximum Gasteiger partial charge on any atom is 0.159 e. The van der Waals surface area contributed by atoms with Crippen molar-refractivity contribution >= 4 is 38.8 Å². The Bertz CT molecular complexity index is 1150. The fourth-order valence-corrected chi connectivity index (χ4v) is 5.38. The van der Waals surface area contributed by atoms with Crippen LogP contribution in [-0.4, -0.2) is 33.1 Å².